The Labute approximate surface area is 99.9 Å². The molecule has 0 radical (unpaired) electrons. The molecule has 96 valence electrons. The SMILES string of the molecule is CCC(CC)(OC)C(NC)C1CCCOC1. The van der Waals surface area contributed by atoms with Gasteiger partial charge in [0, 0.05) is 25.7 Å². The number of hydrogen-bond acceptors (Lipinski definition) is 3. The monoisotopic (exact) mass is 229 g/mol. The van der Waals surface area contributed by atoms with Crippen LogP contribution in [0.5, 0.6) is 0 Å². The third kappa shape index (κ3) is 2.76. The normalized spacial score (nSPS) is 24.4. The molecule has 2 atom stereocenters. The summed E-state index contributed by atoms with van der Waals surface area (Å²) in [7, 11) is 3.87. The van der Waals surface area contributed by atoms with Crippen LogP contribution in [0.2, 0.25) is 0 Å². The number of nitrogens with one attached hydrogen (secondary N) is 1. The van der Waals surface area contributed by atoms with Crippen LogP contribution in [0, 0.1) is 5.92 Å². The molecule has 1 saturated heterocycles. The van der Waals surface area contributed by atoms with Crippen LogP contribution < -0.4 is 5.32 Å². The first-order valence-corrected chi connectivity index (χ1v) is 6.54. The van der Waals surface area contributed by atoms with Crippen LogP contribution in [0.3, 0.4) is 0 Å². The lowest BCUT2D eigenvalue weighted by molar-refractivity contribution is -0.0814. The molecular formula is C13H27NO2. The Hall–Kier alpha value is -0.120. The van der Waals surface area contributed by atoms with Gasteiger partial charge in [0.25, 0.3) is 0 Å². The molecule has 3 heteroatoms. The van der Waals surface area contributed by atoms with Crippen molar-refractivity contribution in [2.24, 2.45) is 5.92 Å². The van der Waals surface area contributed by atoms with Crippen molar-refractivity contribution in [3.05, 3.63) is 0 Å². The Morgan fingerprint density at radius 1 is 1.44 bits per heavy atom. The van der Waals surface area contributed by atoms with Gasteiger partial charge in [-0.15, -0.1) is 0 Å². The fraction of sp³-hybridized carbons (Fsp3) is 1.00. The molecule has 0 bridgehead atoms. The van der Waals surface area contributed by atoms with Crippen molar-refractivity contribution < 1.29 is 9.47 Å². The van der Waals surface area contributed by atoms with Crippen molar-refractivity contribution in [2.45, 2.75) is 51.2 Å². The molecule has 0 spiro atoms. The maximum atomic E-state index is 5.82. The summed E-state index contributed by atoms with van der Waals surface area (Å²) in [6, 6.07) is 0.396. The van der Waals surface area contributed by atoms with Gasteiger partial charge in [0.15, 0.2) is 0 Å². The second kappa shape index (κ2) is 6.58. The molecule has 0 saturated carbocycles. The summed E-state index contributed by atoms with van der Waals surface area (Å²) in [6.45, 7) is 6.21. The van der Waals surface area contributed by atoms with Crippen LogP contribution in [-0.4, -0.2) is 39.0 Å². The van der Waals surface area contributed by atoms with E-state index in [1.54, 1.807) is 0 Å². The van der Waals surface area contributed by atoms with E-state index in [0.717, 1.165) is 26.1 Å². The van der Waals surface area contributed by atoms with E-state index in [-0.39, 0.29) is 5.60 Å². The fourth-order valence-corrected chi connectivity index (χ4v) is 3.06. The van der Waals surface area contributed by atoms with Crippen molar-refractivity contribution in [3.63, 3.8) is 0 Å². The van der Waals surface area contributed by atoms with Crippen LogP contribution in [0.1, 0.15) is 39.5 Å². The quantitative estimate of drug-likeness (QED) is 0.757. The largest absolute Gasteiger partial charge is 0.381 e. The molecule has 1 aliphatic heterocycles. The molecule has 0 aromatic rings. The van der Waals surface area contributed by atoms with Crippen molar-refractivity contribution in [1.29, 1.82) is 0 Å². The van der Waals surface area contributed by atoms with E-state index in [4.69, 9.17) is 9.47 Å². The molecule has 0 amide bonds. The maximum Gasteiger partial charge on any atom is 0.0829 e. The van der Waals surface area contributed by atoms with E-state index in [9.17, 15) is 0 Å². The van der Waals surface area contributed by atoms with Gasteiger partial charge < -0.3 is 14.8 Å². The number of ether oxygens (including phenoxy) is 2. The summed E-state index contributed by atoms with van der Waals surface area (Å²) in [6.07, 6.45) is 4.51. The number of hydrogen-bond donors (Lipinski definition) is 1. The standard InChI is InChI=1S/C13H27NO2/c1-5-13(6-2,15-4)12(14-3)11-8-7-9-16-10-11/h11-12,14H,5-10H2,1-4H3. The Bertz CT molecular complexity index is 178. The predicted molar refractivity (Wildman–Crippen MR) is 66.7 cm³/mol. The minimum atomic E-state index is -0.0416. The molecule has 1 rings (SSSR count). The highest BCUT2D eigenvalue weighted by molar-refractivity contribution is 4.95. The van der Waals surface area contributed by atoms with Crippen LogP contribution >= 0.6 is 0 Å². The number of rotatable bonds is 6. The topological polar surface area (TPSA) is 30.5 Å². The first-order valence-electron chi connectivity index (χ1n) is 6.54. The Kier molecular flexibility index (Phi) is 5.73. The van der Waals surface area contributed by atoms with E-state index >= 15 is 0 Å². The lowest BCUT2D eigenvalue weighted by Crippen LogP contribution is -2.56. The fourth-order valence-electron chi connectivity index (χ4n) is 3.06. The Morgan fingerprint density at radius 2 is 2.12 bits per heavy atom. The van der Waals surface area contributed by atoms with Gasteiger partial charge in [-0.2, -0.15) is 0 Å². The molecular weight excluding hydrogens is 202 g/mol. The zero-order valence-electron chi connectivity index (χ0n) is 11.2. The van der Waals surface area contributed by atoms with Crippen molar-refractivity contribution in [1.82, 2.24) is 5.32 Å². The number of likely N-dealkylation sites (N-methyl/N-ethyl adjacent to an activating group) is 1. The van der Waals surface area contributed by atoms with Gasteiger partial charge in [-0.05, 0) is 32.7 Å². The second-order valence-corrected chi connectivity index (χ2v) is 4.72. The molecule has 2 unspecified atom stereocenters. The summed E-state index contributed by atoms with van der Waals surface area (Å²) in [5.74, 6) is 0.582. The molecule has 0 aromatic carbocycles. The van der Waals surface area contributed by atoms with Crippen molar-refractivity contribution >= 4 is 0 Å². The zero-order valence-corrected chi connectivity index (χ0v) is 11.2. The van der Waals surface area contributed by atoms with Gasteiger partial charge >= 0.3 is 0 Å². The maximum absolute atomic E-state index is 5.82. The van der Waals surface area contributed by atoms with E-state index in [1.165, 1.54) is 12.8 Å². The lowest BCUT2D eigenvalue weighted by Gasteiger charge is -2.43. The van der Waals surface area contributed by atoms with E-state index in [0.29, 0.717) is 12.0 Å². The van der Waals surface area contributed by atoms with Gasteiger partial charge in [-0.3, -0.25) is 0 Å². The van der Waals surface area contributed by atoms with E-state index in [1.807, 2.05) is 14.2 Å². The first-order chi connectivity index (χ1) is 7.74. The highest BCUT2D eigenvalue weighted by Crippen LogP contribution is 2.32. The van der Waals surface area contributed by atoms with Gasteiger partial charge in [-0.1, -0.05) is 13.8 Å². The van der Waals surface area contributed by atoms with Crippen molar-refractivity contribution in [3.8, 4) is 0 Å². The molecule has 1 aliphatic rings. The molecule has 0 aromatic heterocycles. The third-order valence-electron chi connectivity index (χ3n) is 4.15. The van der Waals surface area contributed by atoms with Crippen LogP contribution in [0.15, 0.2) is 0 Å². The minimum Gasteiger partial charge on any atom is -0.381 e. The zero-order chi connectivity index (χ0) is 12.0. The summed E-state index contributed by atoms with van der Waals surface area (Å²) in [5, 5.41) is 3.46. The summed E-state index contributed by atoms with van der Waals surface area (Å²) in [4.78, 5) is 0. The minimum absolute atomic E-state index is 0.0416. The molecule has 0 aliphatic carbocycles. The molecule has 16 heavy (non-hydrogen) atoms. The van der Waals surface area contributed by atoms with Gasteiger partial charge in [0.05, 0.1) is 12.2 Å². The molecule has 3 nitrogen and oxygen atoms in total. The van der Waals surface area contributed by atoms with Gasteiger partial charge in [0.2, 0.25) is 0 Å². The van der Waals surface area contributed by atoms with E-state index in [2.05, 4.69) is 19.2 Å². The smallest absolute Gasteiger partial charge is 0.0829 e. The van der Waals surface area contributed by atoms with Crippen molar-refractivity contribution in [2.75, 3.05) is 27.4 Å². The summed E-state index contributed by atoms with van der Waals surface area (Å²) < 4.78 is 11.4. The summed E-state index contributed by atoms with van der Waals surface area (Å²) in [5.41, 5.74) is -0.0416. The molecule has 1 N–H and O–H groups in total. The van der Waals surface area contributed by atoms with Crippen LogP contribution in [0.25, 0.3) is 0 Å². The Balaban J connectivity index is 2.76. The average molecular weight is 229 g/mol. The number of methoxy groups -OCH3 is 1. The second-order valence-electron chi connectivity index (χ2n) is 4.72. The van der Waals surface area contributed by atoms with Gasteiger partial charge in [-0.25, -0.2) is 0 Å². The average Bonchev–Trinajstić information content (AvgIpc) is 2.37. The first kappa shape index (κ1) is 13.9. The Morgan fingerprint density at radius 3 is 2.50 bits per heavy atom. The van der Waals surface area contributed by atoms with Crippen LogP contribution in [-0.2, 0) is 9.47 Å². The van der Waals surface area contributed by atoms with Crippen LogP contribution in [0.4, 0.5) is 0 Å². The molecule has 1 fully saturated rings. The van der Waals surface area contributed by atoms with Gasteiger partial charge in [0.1, 0.15) is 0 Å². The third-order valence-corrected chi connectivity index (χ3v) is 4.15. The van der Waals surface area contributed by atoms with E-state index < -0.39 is 0 Å². The highest BCUT2D eigenvalue weighted by atomic mass is 16.5. The predicted octanol–water partition coefficient (Wildman–Crippen LogP) is 2.21. The summed E-state index contributed by atoms with van der Waals surface area (Å²) >= 11 is 0. The lowest BCUT2D eigenvalue weighted by atomic mass is 9.78. The molecule has 1 heterocycles. The highest BCUT2D eigenvalue weighted by Gasteiger charge is 2.40.